The zero-order valence-electron chi connectivity index (χ0n) is 12.1. The normalized spacial score (nSPS) is 12.8. The van der Waals surface area contributed by atoms with Gasteiger partial charge in [-0.25, -0.2) is 5.43 Å². The zero-order valence-corrected chi connectivity index (χ0v) is 13.7. The van der Waals surface area contributed by atoms with Crippen LogP contribution in [0.3, 0.4) is 0 Å². The lowest BCUT2D eigenvalue weighted by Gasteiger charge is -2.19. The molecule has 7 heteroatoms. The maximum atomic E-state index is 5.81. The number of nitrogens with two attached hydrogens (primary N) is 1. The number of nitrogens with zero attached hydrogens (tertiary/aromatic N) is 4. The van der Waals surface area contributed by atoms with E-state index in [1.165, 1.54) is 0 Å². The van der Waals surface area contributed by atoms with Gasteiger partial charge in [-0.05, 0) is 42.3 Å². The summed E-state index contributed by atoms with van der Waals surface area (Å²) in [6.07, 6.45) is 2.83. The molecular weight excluding hydrogens is 320 g/mol. The molecule has 0 radical (unpaired) electrons. The third-order valence-corrected chi connectivity index (χ3v) is 3.85. The van der Waals surface area contributed by atoms with Crippen LogP contribution in [0, 0.1) is 6.92 Å². The first-order valence-corrected chi connectivity index (χ1v) is 7.63. The Balaban J connectivity index is 2.49. The molecule has 0 amide bonds. The number of aromatic nitrogens is 4. The maximum Gasteiger partial charge on any atom is 0.106 e. The lowest BCUT2D eigenvalue weighted by atomic mass is 10.1. The van der Waals surface area contributed by atoms with Gasteiger partial charge in [0, 0.05) is 13.1 Å². The topological polar surface area (TPSA) is 73.7 Å². The second kappa shape index (κ2) is 6.51. The Morgan fingerprint density at radius 3 is 2.75 bits per heavy atom. The fourth-order valence-corrected chi connectivity index (χ4v) is 2.93. The van der Waals surface area contributed by atoms with Gasteiger partial charge in [-0.2, -0.15) is 10.2 Å². The number of halogens is 1. The van der Waals surface area contributed by atoms with Gasteiger partial charge in [-0.15, -0.1) is 0 Å². The Kier molecular flexibility index (Phi) is 4.95. The molecule has 6 nitrogen and oxygen atoms in total. The summed E-state index contributed by atoms with van der Waals surface area (Å²) in [5.41, 5.74) is 5.96. The van der Waals surface area contributed by atoms with Crippen molar-refractivity contribution in [3.05, 3.63) is 33.8 Å². The molecular formula is C13H21BrN6. The summed E-state index contributed by atoms with van der Waals surface area (Å²) in [4.78, 5) is 0. The van der Waals surface area contributed by atoms with Crippen LogP contribution in [0.4, 0.5) is 0 Å². The van der Waals surface area contributed by atoms with Gasteiger partial charge < -0.3 is 0 Å². The lowest BCUT2D eigenvalue weighted by Crippen LogP contribution is -2.32. The summed E-state index contributed by atoms with van der Waals surface area (Å²) < 4.78 is 4.91. The monoisotopic (exact) mass is 340 g/mol. The highest BCUT2D eigenvalue weighted by Gasteiger charge is 2.24. The second-order valence-electron chi connectivity index (χ2n) is 4.73. The Labute approximate surface area is 127 Å². The van der Waals surface area contributed by atoms with Crippen LogP contribution in [0.5, 0.6) is 0 Å². The Hall–Kier alpha value is -1.18. The van der Waals surface area contributed by atoms with E-state index in [0.29, 0.717) is 0 Å². The molecule has 1 unspecified atom stereocenters. The van der Waals surface area contributed by atoms with Crippen LogP contribution in [0.1, 0.15) is 43.4 Å². The quantitative estimate of drug-likeness (QED) is 0.624. The minimum Gasteiger partial charge on any atom is -0.270 e. The van der Waals surface area contributed by atoms with Gasteiger partial charge in [-0.3, -0.25) is 15.2 Å². The van der Waals surface area contributed by atoms with E-state index in [1.807, 2.05) is 22.5 Å². The molecule has 2 aromatic rings. The van der Waals surface area contributed by atoms with Crippen LogP contribution in [0.25, 0.3) is 0 Å². The molecule has 0 saturated carbocycles. The van der Waals surface area contributed by atoms with E-state index in [0.717, 1.165) is 41.1 Å². The van der Waals surface area contributed by atoms with Crippen molar-refractivity contribution >= 4 is 15.9 Å². The Bertz CT molecular complexity index is 573. The van der Waals surface area contributed by atoms with E-state index in [2.05, 4.69) is 51.5 Å². The van der Waals surface area contributed by atoms with Crippen LogP contribution < -0.4 is 11.3 Å². The summed E-state index contributed by atoms with van der Waals surface area (Å²) >= 11 is 3.57. The highest BCUT2D eigenvalue weighted by atomic mass is 79.9. The average molecular weight is 341 g/mol. The molecule has 3 N–H and O–H groups in total. The van der Waals surface area contributed by atoms with Crippen molar-refractivity contribution in [1.29, 1.82) is 0 Å². The Morgan fingerprint density at radius 2 is 2.15 bits per heavy atom. The summed E-state index contributed by atoms with van der Waals surface area (Å²) in [7, 11) is 0. The van der Waals surface area contributed by atoms with Crippen molar-refractivity contribution in [2.45, 2.75) is 46.3 Å². The third-order valence-electron chi connectivity index (χ3n) is 3.24. The van der Waals surface area contributed by atoms with E-state index < -0.39 is 0 Å². The van der Waals surface area contributed by atoms with E-state index in [-0.39, 0.29) is 6.04 Å². The van der Waals surface area contributed by atoms with E-state index >= 15 is 0 Å². The molecule has 2 heterocycles. The van der Waals surface area contributed by atoms with Crippen molar-refractivity contribution < 1.29 is 0 Å². The smallest absolute Gasteiger partial charge is 0.106 e. The molecule has 2 aromatic heterocycles. The van der Waals surface area contributed by atoms with Crippen LogP contribution in [-0.4, -0.2) is 19.6 Å². The highest BCUT2D eigenvalue weighted by Crippen LogP contribution is 2.28. The number of hydrazine groups is 1. The summed E-state index contributed by atoms with van der Waals surface area (Å²) in [5, 5.41) is 8.90. The number of nitrogens with one attached hydrogen (secondary N) is 1. The van der Waals surface area contributed by atoms with Crippen LogP contribution >= 0.6 is 15.9 Å². The van der Waals surface area contributed by atoms with E-state index in [1.54, 1.807) is 0 Å². The zero-order chi connectivity index (χ0) is 14.7. The van der Waals surface area contributed by atoms with Crippen LogP contribution in [0.15, 0.2) is 16.7 Å². The molecule has 0 aliphatic rings. The number of hydrogen-bond acceptors (Lipinski definition) is 4. The van der Waals surface area contributed by atoms with E-state index in [9.17, 15) is 0 Å². The number of hydrogen-bond donors (Lipinski definition) is 2. The molecule has 0 aromatic carbocycles. The van der Waals surface area contributed by atoms with Crippen LogP contribution in [0.2, 0.25) is 0 Å². The predicted molar refractivity (Wildman–Crippen MR) is 82.0 cm³/mol. The van der Waals surface area contributed by atoms with Crippen molar-refractivity contribution in [1.82, 2.24) is 25.0 Å². The molecule has 0 fully saturated rings. The predicted octanol–water partition coefficient (Wildman–Crippen LogP) is 2.13. The molecule has 110 valence electrons. The summed E-state index contributed by atoms with van der Waals surface area (Å²) in [6, 6.07) is 1.92. The maximum absolute atomic E-state index is 5.81. The molecule has 0 bridgehead atoms. The van der Waals surface area contributed by atoms with Crippen molar-refractivity contribution in [2.75, 3.05) is 0 Å². The van der Waals surface area contributed by atoms with Gasteiger partial charge in [0.2, 0.25) is 0 Å². The van der Waals surface area contributed by atoms with Gasteiger partial charge in [0.05, 0.1) is 27.8 Å². The largest absolute Gasteiger partial charge is 0.270 e. The SMILES string of the molecule is CCCn1ncc(Br)c1C(NN)c1cc(C)nn1CC. The average Bonchev–Trinajstić information content (AvgIpc) is 2.97. The first kappa shape index (κ1) is 15.2. The third kappa shape index (κ3) is 2.79. The van der Waals surface area contributed by atoms with Crippen molar-refractivity contribution in [3.8, 4) is 0 Å². The minimum atomic E-state index is -0.139. The van der Waals surface area contributed by atoms with Crippen molar-refractivity contribution in [2.24, 2.45) is 5.84 Å². The van der Waals surface area contributed by atoms with E-state index in [4.69, 9.17) is 5.84 Å². The van der Waals surface area contributed by atoms with Gasteiger partial charge >= 0.3 is 0 Å². The number of rotatable bonds is 6. The Morgan fingerprint density at radius 1 is 1.40 bits per heavy atom. The molecule has 1 atom stereocenters. The van der Waals surface area contributed by atoms with Gasteiger partial charge in [0.1, 0.15) is 6.04 Å². The van der Waals surface area contributed by atoms with Gasteiger partial charge in [0.25, 0.3) is 0 Å². The lowest BCUT2D eigenvalue weighted by molar-refractivity contribution is 0.488. The number of aryl methyl sites for hydroxylation is 3. The van der Waals surface area contributed by atoms with Crippen molar-refractivity contribution in [3.63, 3.8) is 0 Å². The first-order chi connectivity index (χ1) is 9.62. The summed E-state index contributed by atoms with van der Waals surface area (Å²) in [5.74, 6) is 5.81. The standard InChI is InChI=1S/C13H21BrN6/c1-4-6-20-13(10(14)8-16-20)12(17-15)11-7-9(3)18-19(11)5-2/h7-8,12,17H,4-6,15H2,1-3H3. The van der Waals surface area contributed by atoms with Gasteiger partial charge in [0.15, 0.2) is 0 Å². The highest BCUT2D eigenvalue weighted by molar-refractivity contribution is 9.10. The fourth-order valence-electron chi connectivity index (χ4n) is 2.40. The molecule has 0 aliphatic carbocycles. The molecule has 0 saturated heterocycles. The molecule has 20 heavy (non-hydrogen) atoms. The molecule has 0 aliphatic heterocycles. The van der Waals surface area contributed by atoms with Crippen LogP contribution in [-0.2, 0) is 13.1 Å². The minimum absolute atomic E-state index is 0.139. The molecule has 2 rings (SSSR count). The summed E-state index contributed by atoms with van der Waals surface area (Å²) in [6.45, 7) is 7.85. The molecule has 0 spiro atoms. The first-order valence-electron chi connectivity index (χ1n) is 6.84. The fraction of sp³-hybridized carbons (Fsp3) is 0.538. The van der Waals surface area contributed by atoms with Gasteiger partial charge in [-0.1, -0.05) is 6.92 Å². The second-order valence-corrected chi connectivity index (χ2v) is 5.58.